The Bertz CT molecular complexity index is 267. The van der Waals surface area contributed by atoms with Crippen LogP contribution in [0, 0.1) is 11.8 Å². The zero-order valence-corrected chi connectivity index (χ0v) is 12.9. The number of rotatable bonds is 8. The Morgan fingerprint density at radius 3 is 2.58 bits per heavy atom. The van der Waals surface area contributed by atoms with Crippen molar-refractivity contribution in [2.75, 3.05) is 13.1 Å². The van der Waals surface area contributed by atoms with E-state index in [1.807, 2.05) is 6.92 Å². The molecule has 0 aromatic carbocycles. The molecule has 0 heterocycles. The van der Waals surface area contributed by atoms with Gasteiger partial charge in [0, 0.05) is 12.6 Å². The predicted octanol–water partition coefficient (Wildman–Crippen LogP) is 3.78. The van der Waals surface area contributed by atoms with E-state index in [0.29, 0.717) is 12.6 Å². The highest BCUT2D eigenvalue weighted by Crippen LogP contribution is 2.29. The summed E-state index contributed by atoms with van der Waals surface area (Å²) in [6.45, 7) is 8.17. The first-order chi connectivity index (χ1) is 9.06. The number of aliphatic carboxylic acids is 1. The van der Waals surface area contributed by atoms with Crippen molar-refractivity contribution in [1.82, 2.24) is 4.90 Å². The van der Waals surface area contributed by atoms with Crippen molar-refractivity contribution in [3.05, 3.63) is 0 Å². The van der Waals surface area contributed by atoms with Crippen LogP contribution in [0.25, 0.3) is 0 Å². The van der Waals surface area contributed by atoms with Crippen LogP contribution in [0.15, 0.2) is 0 Å². The molecule has 0 saturated heterocycles. The molecular formula is C16H31NO2. The minimum Gasteiger partial charge on any atom is -0.481 e. The number of carboxylic acids is 1. The quantitative estimate of drug-likeness (QED) is 0.682. The molecule has 0 spiro atoms. The van der Waals surface area contributed by atoms with E-state index in [2.05, 4.69) is 18.7 Å². The topological polar surface area (TPSA) is 40.5 Å². The van der Waals surface area contributed by atoms with E-state index >= 15 is 0 Å². The number of unbranched alkanes of at least 4 members (excludes halogenated alkanes) is 2. The largest absolute Gasteiger partial charge is 0.481 e. The Hall–Kier alpha value is -0.570. The van der Waals surface area contributed by atoms with Gasteiger partial charge >= 0.3 is 5.97 Å². The molecule has 1 fully saturated rings. The Labute approximate surface area is 118 Å². The molecule has 1 rings (SSSR count). The summed E-state index contributed by atoms with van der Waals surface area (Å²) >= 11 is 0. The molecule has 3 heteroatoms. The van der Waals surface area contributed by atoms with Crippen molar-refractivity contribution in [2.45, 2.75) is 71.8 Å². The molecule has 1 aliphatic rings. The summed E-state index contributed by atoms with van der Waals surface area (Å²) in [6.07, 6.45) is 8.87. The van der Waals surface area contributed by atoms with Crippen LogP contribution in [-0.4, -0.2) is 35.1 Å². The molecule has 1 saturated carbocycles. The van der Waals surface area contributed by atoms with E-state index in [1.54, 1.807) is 0 Å². The van der Waals surface area contributed by atoms with Crippen LogP contribution in [0.3, 0.4) is 0 Å². The maximum absolute atomic E-state index is 11.1. The van der Waals surface area contributed by atoms with Gasteiger partial charge in [0.1, 0.15) is 0 Å². The normalized spacial score (nSPS) is 25.5. The fourth-order valence-electron chi connectivity index (χ4n) is 3.23. The molecule has 112 valence electrons. The Balaban J connectivity index is 2.58. The Morgan fingerprint density at radius 1 is 1.32 bits per heavy atom. The monoisotopic (exact) mass is 269 g/mol. The number of hydrogen-bond donors (Lipinski definition) is 1. The minimum atomic E-state index is -0.663. The first-order valence-corrected chi connectivity index (χ1v) is 8.03. The smallest absolute Gasteiger partial charge is 0.307 e. The predicted molar refractivity (Wildman–Crippen MR) is 79.3 cm³/mol. The Kier molecular flexibility index (Phi) is 7.44. The fourth-order valence-corrected chi connectivity index (χ4v) is 3.23. The number of carbonyl (C=O) groups is 1. The second kappa shape index (κ2) is 8.57. The van der Waals surface area contributed by atoms with E-state index in [9.17, 15) is 4.79 Å². The molecular weight excluding hydrogens is 238 g/mol. The van der Waals surface area contributed by atoms with E-state index in [1.165, 1.54) is 44.9 Å². The second-order valence-electron chi connectivity index (χ2n) is 6.27. The van der Waals surface area contributed by atoms with E-state index in [4.69, 9.17) is 5.11 Å². The van der Waals surface area contributed by atoms with Gasteiger partial charge in [0.15, 0.2) is 0 Å². The van der Waals surface area contributed by atoms with E-state index in [0.717, 1.165) is 12.5 Å². The van der Waals surface area contributed by atoms with Gasteiger partial charge in [0.2, 0.25) is 0 Å². The third-order valence-electron chi connectivity index (χ3n) is 4.51. The van der Waals surface area contributed by atoms with Gasteiger partial charge in [-0.2, -0.15) is 0 Å². The summed E-state index contributed by atoms with van der Waals surface area (Å²) in [5.41, 5.74) is 0. The molecule has 0 aromatic heterocycles. The lowest BCUT2D eigenvalue weighted by atomic mass is 9.84. The SMILES string of the molecule is CCCCCN(CC(C)C(=O)O)C1CCCCC1C. The van der Waals surface area contributed by atoms with Gasteiger partial charge in [0.05, 0.1) is 5.92 Å². The molecule has 0 bridgehead atoms. The van der Waals surface area contributed by atoms with Crippen LogP contribution in [0.5, 0.6) is 0 Å². The molecule has 1 aliphatic carbocycles. The summed E-state index contributed by atoms with van der Waals surface area (Å²) in [5.74, 6) is -0.198. The summed E-state index contributed by atoms with van der Waals surface area (Å²) in [5, 5.41) is 9.14. The first kappa shape index (κ1) is 16.5. The molecule has 0 aliphatic heterocycles. The summed E-state index contributed by atoms with van der Waals surface area (Å²) in [4.78, 5) is 13.6. The zero-order valence-electron chi connectivity index (χ0n) is 12.9. The van der Waals surface area contributed by atoms with Gasteiger partial charge in [-0.15, -0.1) is 0 Å². The standard InChI is InChI=1S/C16H31NO2/c1-4-5-8-11-17(12-14(3)16(18)19)15-10-7-6-9-13(15)2/h13-15H,4-12H2,1-3H3,(H,18,19). The molecule has 3 nitrogen and oxygen atoms in total. The van der Waals surface area contributed by atoms with Gasteiger partial charge in [-0.3, -0.25) is 9.69 Å². The third kappa shape index (κ3) is 5.52. The average Bonchev–Trinajstić information content (AvgIpc) is 2.38. The lowest BCUT2D eigenvalue weighted by molar-refractivity contribution is -0.142. The highest BCUT2D eigenvalue weighted by atomic mass is 16.4. The molecule has 19 heavy (non-hydrogen) atoms. The molecule has 3 unspecified atom stereocenters. The van der Waals surface area contributed by atoms with Crippen molar-refractivity contribution in [3.63, 3.8) is 0 Å². The summed E-state index contributed by atoms with van der Waals surface area (Å²) in [6, 6.07) is 0.604. The van der Waals surface area contributed by atoms with Crippen LogP contribution in [0.1, 0.15) is 65.7 Å². The van der Waals surface area contributed by atoms with Gasteiger partial charge < -0.3 is 5.11 Å². The third-order valence-corrected chi connectivity index (χ3v) is 4.51. The average molecular weight is 269 g/mol. The zero-order chi connectivity index (χ0) is 14.3. The summed E-state index contributed by atoms with van der Waals surface area (Å²) in [7, 11) is 0. The minimum absolute atomic E-state index is 0.254. The van der Waals surface area contributed by atoms with Crippen molar-refractivity contribution < 1.29 is 9.90 Å². The summed E-state index contributed by atoms with van der Waals surface area (Å²) < 4.78 is 0. The lowest BCUT2D eigenvalue weighted by Gasteiger charge is -2.39. The number of carboxylic acid groups (broad SMARTS) is 1. The first-order valence-electron chi connectivity index (χ1n) is 8.03. The molecule has 3 atom stereocenters. The highest BCUT2D eigenvalue weighted by Gasteiger charge is 2.28. The van der Waals surface area contributed by atoms with Crippen LogP contribution in [0.4, 0.5) is 0 Å². The Morgan fingerprint density at radius 2 is 2.00 bits per heavy atom. The van der Waals surface area contributed by atoms with Crippen molar-refractivity contribution in [3.8, 4) is 0 Å². The van der Waals surface area contributed by atoms with Crippen molar-refractivity contribution in [2.24, 2.45) is 11.8 Å². The van der Waals surface area contributed by atoms with Crippen molar-refractivity contribution in [1.29, 1.82) is 0 Å². The maximum Gasteiger partial charge on any atom is 0.307 e. The van der Waals surface area contributed by atoms with E-state index in [-0.39, 0.29) is 5.92 Å². The molecule has 1 N–H and O–H groups in total. The number of nitrogens with zero attached hydrogens (tertiary/aromatic N) is 1. The van der Waals surface area contributed by atoms with E-state index < -0.39 is 5.97 Å². The molecule has 0 amide bonds. The number of hydrogen-bond acceptors (Lipinski definition) is 2. The van der Waals surface area contributed by atoms with Crippen LogP contribution < -0.4 is 0 Å². The van der Waals surface area contributed by atoms with Crippen LogP contribution in [-0.2, 0) is 4.79 Å². The maximum atomic E-state index is 11.1. The fraction of sp³-hybridized carbons (Fsp3) is 0.938. The van der Waals surface area contributed by atoms with Gasteiger partial charge in [-0.1, -0.05) is 46.5 Å². The van der Waals surface area contributed by atoms with Crippen LogP contribution >= 0.6 is 0 Å². The lowest BCUT2D eigenvalue weighted by Crippen LogP contribution is -2.45. The van der Waals surface area contributed by atoms with Crippen LogP contribution in [0.2, 0.25) is 0 Å². The molecule has 0 radical (unpaired) electrons. The highest BCUT2D eigenvalue weighted by molar-refractivity contribution is 5.69. The van der Waals surface area contributed by atoms with Crippen molar-refractivity contribution >= 4 is 5.97 Å². The second-order valence-corrected chi connectivity index (χ2v) is 6.27. The van der Waals surface area contributed by atoms with Gasteiger partial charge in [-0.05, 0) is 31.7 Å². The van der Waals surface area contributed by atoms with Gasteiger partial charge in [-0.25, -0.2) is 0 Å². The molecule has 0 aromatic rings. The van der Waals surface area contributed by atoms with Gasteiger partial charge in [0.25, 0.3) is 0 Å².